The van der Waals surface area contributed by atoms with Crippen molar-refractivity contribution in [3.8, 4) is 11.5 Å². The molecule has 5 heteroatoms. The highest BCUT2D eigenvalue weighted by atomic mass is 16.5. The third kappa shape index (κ3) is 1.93. The monoisotopic (exact) mass is 249 g/mol. The zero-order valence-corrected chi connectivity index (χ0v) is 10.3. The van der Waals surface area contributed by atoms with Crippen molar-refractivity contribution >= 4 is 10.9 Å². The Morgan fingerprint density at radius 1 is 1.39 bits per heavy atom. The summed E-state index contributed by atoms with van der Waals surface area (Å²) in [7, 11) is 1.65. The van der Waals surface area contributed by atoms with E-state index in [0.29, 0.717) is 22.2 Å². The van der Waals surface area contributed by atoms with E-state index < -0.39 is 0 Å². The van der Waals surface area contributed by atoms with Crippen molar-refractivity contribution < 1.29 is 14.9 Å². The molecule has 0 spiro atoms. The number of pyridine rings is 1. The molecule has 0 atom stereocenters. The van der Waals surface area contributed by atoms with E-state index in [-0.39, 0.29) is 24.5 Å². The number of aliphatic hydroxyl groups is 1. The predicted octanol–water partition coefficient (Wildman–Crippen LogP) is 0.924. The van der Waals surface area contributed by atoms with Gasteiger partial charge in [0.1, 0.15) is 18.1 Å². The lowest BCUT2D eigenvalue weighted by atomic mass is 10.1. The van der Waals surface area contributed by atoms with Crippen molar-refractivity contribution in [1.82, 2.24) is 4.57 Å². The summed E-state index contributed by atoms with van der Waals surface area (Å²) in [5.74, 6) is 0.552. The maximum absolute atomic E-state index is 11.9. The zero-order valence-electron chi connectivity index (χ0n) is 10.3. The molecule has 0 aliphatic rings. The van der Waals surface area contributed by atoms with E-state index in [2.05, 4.69) is 0 Å². The molecule has 2 aromatic rings. The number of aromatic nitrogens is 1. The Morgan fingerprint density at radius 2 is 2.11 bits per heavy atom. The number of fused-ring (bicyclic) bond motifs is 1. The minimum Gasteiger partial charge on any atom is -0.507 e. The van der Waals surface area contributed by atoms with Crippen LogP contribution in [0.5, 0.6) is 11.5 Å². The van der Waals surface area contributed by atoms with Gasteiger partial charge in [-0.05, 0) is 19.1 Å². The first-order chi connectivity index (χ1) is 8.56. The highest BCUT2D eigenvalue weighted by Gasteiger charge is 2.11. The molecule has 0 bridgehead atoms. The van der Waals surface area contributed by atoms with Gasteiger partial charge in [-0.25, -0.2) is 0 Å². The van der Waals surface area contributed by atoms with Gasteiger partial charge in [0.05, 0.1) is 17.7 Å². The molecule has 0 amide bonds. The van der Waals surface area contributed by atoms with Crippen LogP contribution in [0.15, 0.2) is 23.0 Å². The molecule has 2 rings (SSSR count). The maximum Gasteiger partial charge on any atom is 0.257 e. The average Bonchev–Trinajstić information content (AvgIpc) is 2.40. The van der Waals surface area contributed by atoms with Crippen molar-refractivity contribution in [1.29, 1.82) is 0 Å². The number of aryl methyl sites for hydroxylation is 1. The van der Waals surface area contributed by atoms with Gasteiger partial charge in [-0.15, -0.1) is 0 Å². The molecule has 0 aliphatic heterocycles. The van der Waals surface area contributed by atoms with E-state index in [0.717, 1.165) is 0 Å². The topological polar surface area (TPSA) is 71.7 Å². The summed E-state index contributed by atoms with van der Waals surface area (Å²) in [6.07, 6.45) is 0. The summed E-state index contributed by atoms with van der Waals surface area (Å²) in [6, 6.07) is 5.07. The first-order valence-corrected chi connectivity index (χ1v) is 5.62. The normalized spacial score (nSPS) is 10.8. The van der Waals surface area contributed by atoms with Gasteiger partial charge in [0.25, 0.3) is 5.56 Å². The molecular formula is C13H15NO4. The van der Waals surface area contributed by atoms with E-state index in [1.165, 1.54) is 4.57 Å². The van der Waals surface area contributed by atoms with E-state index in [4.69, 9.17) is 9.84 Å². The van der Waals surface area contributed by atoms with E-state index in [1.54, 1.807) is 32.2 Å². The highest BCUT2D eigenvalue weighted by molar-refractivity contribution is 5.87. The quantitative estimate of drug-likeness (QED) is 0.848. The van der Waals surface area contributed by atoms with Crippen LogP contribution in [0.25, 0.3) is 10.9 Å². The lowest BCUT2D eigenvalue weighted by Crippen LogP contribution is -2.19. The molecule has 1 heterocycles. The Morgan fingerprint density at radius 3 is 2.78 bits per heavy atom. The Kier molecular flexibility index (Phi) is 3.25. The zero-order chi connectivity index (χ0) is 13.3. The van der Waals surface area contributed by atoms with Gasteiger partial charge in [-0.1, -0.05) is 0 Å². The fraction of sp³-hybridized carbons (Fsp3) is 0.308. The van der Waals surface area contributed by atoms with E-state index in [9.17, 15) is 9.90 Å². The second-order valence-corrected chi connectivity index (χ2v) is 4.09. The standard InChI is InChI=1S/C13H15NO4/c1-8-12(16)10-4-3-9(18-6-5-15)7-11(10)14(2)13(8)17/h3-4,7,15-16H,5-6H2,1-2H3. The van der Waals surface area contributed by atoms with Gasteiger partial charge in [0, 0.05) is 18.5 Å². The molecule has 96 valence electrons. The molecular weight excluding hydrogens is 234 g/mol. The maximum atomic E-state index is 11.9. The number of aromatic hydroxyl groups is 1. The number of aliphatic hydroxyl groups excluding tert-OH is 1. The van der Waals surface area contributed by atoms with Crippen LogP contribution in [-0.4, -0.2) is 28.0 Å². The smallest absolute Gasteiger partial charge is 0.257 e. The van der Waals surface area contributed by atoms with Crippen molar-refractivity contribution in [3.63, 3.8) is 0 Å². The minimum atomic E-state index is -0.237. The molecule has 0 radical (unpaired) electrons. The van der Waals surface area contributed by atoms with Crippen molar-refractivity contribution in [2.75, 3.05) is 13.2 Å². The van der Waals surface area contributed by atoms with Crippen molar-refractivity contribution in [3.05, 3.63) is 34.1 Å². The second-order valence-electron chi connectivity index (χ2n) is 4.09. The first kappa shape index (κ1) is 12.4. The number of benzene rings is 1. The molecule has 2 N–H and O–H groups in total. The van der Waals surface area contributed by atoms with Crippen LogP contribution in [-0.2, 0) is 7.05 Å². The third-order valence-corrected chi connectivity index (χ3v) is 2.93. The van der Waals surface area contributed by atoms with Crippen molar-refractivity contribution in [2.24, 2.45) is 7.05 Å². The van der Waals surface area contributed by atoms with Crippen LogP contribution in [0.3, 0.4) is 0 Å². The molecule has 0 saturated carbocycles. The summed E-state index contributed by atoms with van der Waals surface area (Å²) in [5.41, 5.74) is 0.687. The summed E-state index contributed by atoms with van der Waals surface area (Å²) >= 11 is 0. The molecule has 0 unspecified atom stereocenters. The largest absolute Gasteiger partial charge is 0.507 e. The van der Waals surface area contributed by atoms with Gasteiger partial charge in [0.2, 0.25) is 0 Å². The fourth-order valence-electron chi connectivity index (χ4n) is 1.91. The van der Waals surface area contributed by atoms with Gasteiger partial charge < -0.3 is 19.5 Å². The molecule has 5 nitrogen and oxygen atoms in total. The summed E-state index contributed by atoms with van der Waals surface area (Å²) < 4.78 is 6.75. The van der Waals surface area contributed by atoms with Crippen LogP contribution in [0.1, 0.15) is 5.56 Å². The van der Waals surface area contributed by atoms with Crippen LogP contribution in [0.2, 0.25) is 0 Å². The fourth-order valence-corrected chi connectivity index (χ4v) is 1.91. The summed E-state index contributed by atoms with van der Waals surface area (Å²) in [5, 5.41) is 19.2. The third-order valence-electron chi connectivity index (χ3n) is 2.93. The van der Waals surface area contributed by atoms with Gasteiger partial charge >= 0.3 is 0 Å². The Balaban J connectivity index is 2.66. The van der Waals surface area contributed by atoms with Gasteiger partial charge in [-0.3, -0.25) is 4.79 Å². The number of hydrogen-bond acceptors (Lipinski definition) is 4. The first-order valence-electron chi connectivity index (χ1n) is 5.62. The average molecular weight is 249 g/mol. The lowest BCUT2D eigenvalue weighted by molar-refractivity contribution is 0.201. The van der Waals surface area contributed by atoms with Crippen LogP contribution >= 0.6 is 0 Å². The Hall–Kier alpha value is -2.01. The molecule has 0 saturated heterocycles. The SMILES string of the molecule is Cc1c(O)c2ccc(OCCO)cc2n(C)c1=O. The van der Waals surface area contributed by atoms with Crippen LogP contribution in [0, 0.1) is 6.92 Å². The molecule has 0 aliphatic carbocycles. The van der Waals surface area contributed by atoms with Crippen LogP contribution in [0.4, 0.5) is 0 Å². The van der Waals surface area contributed by atoms with E-state index in [1.807, 2.05) is 0 Å². The Bertz CT molecular complexity index is 645. The predicted molar refractivity (Wildman–Crippen MR) is 68.2 cm³/mol. The molecule has 1 aromatic heterocycles. The highest BCUT2D eigenvalue weighted by Crippen LogP contribution is 2.28. The minimum absolute atomic E-state index is 0.00167. The van der Waals surface area contributed by atoms with E-state index >= 15 is 0 Å². The number of hydrogen-bond donors (Lipinski definition) is 2. The summed E-state index contributed by atoms with van der Waals surface area (Å²) in [4.78, 5) is 11.9. The summed E-state index contributed by atoms with van der Waals surface area (Å²) in [6.45, 7) is 1.71. The van der Waals surface area contributed by atoms with Gasteiger partial charge in [0.15, 0.2) is 0 Å². The van der Waals surface area contributed by atoms with Crippen LogP contribution < -0.4 is 10.3 Å². The molecule has 0 fully saturated rings. The Labute approximate surface area is 104 Å². The second kappa shape index (κ2) is 4.70. The number of rotatable bonds is 3. The lowest BCUT2D eigenvalue weighted by Gasteiger charge is -2.11. The molecule has 18 heavy (non-hydrogen) atoms. The number of nitrogens with zero attached hydrogens (tertiary/aromatic N) is 1. The number of ether oxygens (including phenoxy) is 1. The molecule has 1 aromatic carbocycles. The van der Waals surface area contributed by atoms with Crippen molar-refractivity contribution in [2.45, 2.75) is 6.92 Å². The van der Waals surface area contributed by atoms with Gasteiger partial charge in [-0.2, -0.15) is 0 Å².